The third kappa shape index (κ3) is 2.84. The van der Waals surface area contributed by atoms with Crippen molar-refractivity contribution >= 4 is 17.2 Å². The van der Waals surface area contributed by atoms with Crippen LogP contribution < -0.4 is 0 Å². The molecule has 2 heterocycles. The Labute approximate surface area is 126 Å². The van der Waals surface area contributed by atoms with Crippen molar-refractivity contribution < 1.29 is 14.3 Å². The first kappa shape index (κ1) is 14.2. The summed E-state index contributed by atoms with van der Waals surface area (Å²) < 4.78 is 12.9. The summed E-state index contributed by atoms with van der Waals surface area (Å²) in [5.74, 6) is -0.292. The number of hydrogen-bond donors (Lipinski definition) is 1. The number of rotatable bonds is 3. The maximum atomic E-state index is 12.9. The van der Waals surface area contributed by atoms with E-state index in [2.05, 4.69) is 0 Å². The largest absolute Gasteiger partial charge is 0.394 e. The molecule has 21 heavy (non-hydrogen) atoms. The zero-order valence-electron chi connectivity index (χ0n) is 11.5. The molecule has 0 unspecified atom stereocenters. The monoisotopic (exact) mass is 305 g/mol. The molecule has 1 atom stereocenters. The number of amides is 1. The molecular weight excluding hydrogens is 289 g/mol. The lowest BCUT2D eigenvalue weighted by Gasteiger charge is -2.22. The van der Waals surface area contributed by atoms with Gasteiger partial charge in [0.25, 0.3) is 5.91 Å². The van der Waals surface area contributed by atoms with Crippen LogP contribution in [0.3, 0.4) is 0 Å². The van der Waals surface area contributed by atoms with Crippen molar-refractivity contribution in [1.82, 2.24) is 4.90 Å². The van der Waals surface area contributed by atoms with Gasteiger partial charge in [0.05, 0.1) is 17.5 Å². The number of aliphatic hydroxyl groups excluding tert-OH is 1. The number of carbonyl (C=O) groups is 1. The Morgan fingerprint density at radius 2 is 2.05 bits per heavy atom. The Bertz CT molecular complexity index is 638. The number of likely N-dealkylation sites (tertiary alicyclic amines) is 1. The summed E-state index contributed by atoms with van der Waals surface area (Å²) in [4.78, 5) is 15.8. The highest BCUT2D eigenvalue weighted by Crippen LogP contribution is 2.30. The van der Waals surface area contributed by atoms with Crippen molar-refractivity contribution in [3.05, 3.63) is 47.1 Å². The van der Waals surface area contributed by atoms with Crippen LogP contribution in [0.4, 0.5) is 4.39 Å². The van der Waals surface area contributed by atoms with Crippen LogP contribution in [0.5, 0.6) is 0 Å². The highest BCUT2D eigenvalue weighted by molar-refractivity contribution is 7.17. The maximum Gasteiger partial charge on any atom is 0.264 e. The molecule has 1 N–H and O–H groups in total. The van der Waals surface area contributed by atoms with E-state index in [0.717, 1.165) is 23.3 Å². The number of carbonyl (C=O) groups excluding carboxylic acids is 1. The summed E-state index contributed by atoms with van der Waals surface area (Å²) in [6.45, 7) is 0.718. The summed E-state index contributed by atoms with van der Waals surface area (Å²) in [6.07, 6.45) is 1.80. The van der Waals surface area contributed by atoms with Crippen LogP contribution in [-0.4, -0.2) is 35.1 Å². The number of thiophene rings is 1. The predicted molar refractivity (Wildman–Crippen MR) is 80.9 cm³/mol. The van der Waals surface area contributed by atoms with Gasteiger partial charge in [-0.3, -0.25) is 4.79 Å². The first-order valence-electron chi connectivity index (χ1n) is 6.96. The van der Waals surface area contributed by atoms with E-state index in [1.165, 1.54) is 23.5 Å². The fraction of sp³-hybridized carbons (Fsp3) is 0.312. The third-order valence-electron chi connectivity index (χ3n) is 3.79. The zero-order valence-corrected chi connectivity index (χ0v) is 12.3. The lowest BCUT2D eigenvalue weighted by molar-refractivity contribution is 0.0682. The first-order valence-corrected chi connectivity index (χ1v) is 7.78. The van der Waals surface area contributed by atoms with Gasteiger partial charge in [0.15, 0.2) is 0 Å². The Morgan fingerprint density at radius 3 is 2.76 bits per heavy atom. The number of benzene rings is 1. The van der Waals surface area contributed by atoms with Crippen LogP contribution in [0.1, 0.15) is 22.5 Å². The third-order valence-corrected chi connectivity index (χ3v) is 4.92. The van der Waals surface area contributed by atoms with Crippen LogP contribution in [0.15, 0.2) is 36.4 Å². The standard InChI is InChI=1S/C16H16FNO2S/c17-12-5-3-11(4-6-12)14-7-8-15(21-14)16(20)18-9-1-2-13(18)10-19/h3-8,13,19H,1-2,9-10H2/t13-/m1/s1. The molecule has 3 rings (SSSR count). The zero-order chi connectivity index (χ0) is 14.8. The SMILES string of the molecule is O=C(c1ccc(-c2ccc(F)cc2)s1)N1CCC[C@@H]1CO. The molecule has 0 saturated carbocycles. The van der Waals surface area contributed by atoms with Gasteiger partial charge in [0.2, 0.25) is 0 Å². The van der Waals surface area contributed by atoms with Crippen LogP contribution in [0, 0.1) is 5.82 Å². The molecule has 1 aliphatic rings. The summed E-state index contributed by atoms with van der Waals surface area (Å²) in [7, 11) is 0. The molecule has 1 aromatic carbocycles. The van der Waals surface area contributed by atoms with Crippen molar-refractivity contribution in [2.24, 2.45) is 0 Å². The van der Waals surface area contributed by atoms with Crippen LogP contribution in [0.25, 0.3) is 10.4 Å². The molecule has 0 aliphatic carbocycles. The van der Waals surface area contributed by atoms with Crippen molar-refractivity contribution in [1.29, 1.82) is 0 Å². The molecule has 0 spiro atoms. The number of nitrogens with zero attached hydrogens (tertiary/aromatic N) is 1. The number of halogens is 1. The minimum Gasteiger partial charge on any atom is -0.394 e. The second-order valence-electron chi connectivity index (χ2n) is 5.15. The maximum absolute atomic E-state index is 12.9. The summed E-state index contributed by atoms with van der Waals surface area (Å²) >= 11 is 1.40. The van der Waals surface area contributed by atoms with E-state index in [-0.39, 0.29) is 24.4 Å². The van der Waals surface area contributed by atoms with Crippen LogP contribution in [-0.2, 0) is 0 Å². The summed E-state index contributed by atoms with van der Waals surface area (Å²) in [5.41, 5.74) is 0.903. The molecule has 110 valence electrons. The Morgan fingerprint density at radius 1 is 1.29 bits per heavy atom. The molecule has 1 aromatic heterocycles. The first-order chi connectivity index (χ1) is 10.2. The fourth-order valence-corrected chi connectivity index (χ4v) is 3.62. The Balaban J connectivity index is 1.81. The molecule has 5 heteroatoms. The smallest absolute Gasteiger partial charge is 0.264 e. The molecule has 3 nitrogen and oxygen atoms in total. The van der Waals surface area contributed by atoms with Crippen molar-refractivity contribution in [2.45, 2.75) is 18.9 Å². The van der Waals surface area contributed by atoms with Gasteiger partial charge in [-0.1, -0.05) is 12.1 Å². The van der Waals surface area contributed by atoms with Crippen molar-refractivity contribution in [3.63, 3.8) is 0 Å². The molecule has 1 saturated heterocycles. The molecule has 1 amide bonds. The minimum atomic E-state index is -0.269. The highest BCUT2D eigenvalue weighted by Gasteiger charge is 2.29. The predicted octanol–water partition coefficient (Wildman–Crippen LogP) is 3.15. The molecule has 2 aromatic rings. The van der Waals surface area contributed by atoms with Gasteiger partial charge < -0.3 is 10.0 Å². The van der Waals surface area contributed by atoms with E-state index in [1.54, 1.807) is 23.1 Å². The van der Waals surface area contributed by atoms with Gasteiger partial charge >= 0.3 is 0 Å². The second kappa shape index (κ2) is 5.95. The van der Waals surface area contributed by atoms with Crippen molar-refractivity contribution in [3.8, 4) is 10.4 Å². The Kier molecular flexibility index (Phi) is 4.03. The molecular formula is C16H16FNO2S. The number of hydrogen-bond acceptors (Lipinski definition) is 3. The second-order valence-corrected chi connectivity index (χ2v) is 6.23. The number of aliphatic hydroxyl groups is 1. The quantitative estimate of drug-likeness (QED) is 0.946. The minimum absolute atomic E-state index is 0.0158. The molecule has 1 aliphatic heterocycles. The van der Waals surface area contributed by atoms with Gasteiger partial charge in [-0.15, -0.1) is 11.3 Å². The van der Waals surface area contributed by atoms with E-state index in [1.807, 2.05) is 6.07 Å². The lowest BCUT2D eigenvalue weighted by Crippen LogP contribution is -2.37. The van der Waals surface area contributed by atoms with Gasteiger partial charge in [-0.25, -0.2) is 4.39 Å². The van der Waals surface area contributed by atoms with Crippen LogP contribution in [0.2, 0.25) is 0 Å². The molecule has 0 radical (unpaired) electrons. The van der Waals surface area contributed by atoms with Gasteiger partial charge in [0, 0.05) is 11.4 Å². The van der Waals surface area contributed by atoms with E-state index in [9.17, 15) is 14.3 Å². The fourth-order valence-electron chi connectivity index (χ4n) is 2.66. The van der Waals surface area contributed by atoms with Crippen LogP contribution >= 0.6 is 11.3 Å². The average molecular weight is 305 g/mol. The average Bonchev–Trinajstić information content (AvgIpc) is 3.16. The highest BCUT2D eigenvalue weighted by atomic mass is 32.1. The van der Waals surface area contributed by atoms with Gasteiger partial charge in [-0.05, 0) is 42.7 Å². The van der Waals surface area contributed by atoms with E-state index in [4.69, 9.17) is 0 Å². The summed E-state index contributed by atoms with van der Waals surface area (Å²) in [6, 6.07) is 9.88. The van der Waals surface area contributed by atoms with E-state index in [0.29, 0.717) is 11.4 Å². The van der Waals surface area contributed by atoms with Gasteiger partial charge in [0.1, 0.15) is 5.82 Å². The van der Waals surface area contributed by atoms with Gasteiger partial charge in [-0.2, -0.15) is 0 Å². The topological polar surface area (TPSA) is 40.5 Å². The summed E-state index contributed by atoms with van der Waals surface area (Å²) in [5, 5.41) is 9.32. The normalized spacial score (nSPS) is 18.2. The molecule has 0 bridgehead atoms. The Hall–Kier alpha value is -1.72. The lowest BCUT2D eigenvalue weighted by atomic mass is 10.2. The van der Waals surface area contributed by atoms with E-state index >= 15 is 0 Å². The van der Waals surface area contributed by atoms with Crippen molar-refractivity contribution in [2.75, 3.05) is 13.2 Å². The molecule has 1 fully saturated rings. The van der Waals surface area contributed by atoms with E-state index < -0.39 is 0 Å².